The molecule has 0 saturated heterocycles. The molecule has 0 unspecified atom stereocenters. The number of hydrogen-bond acceptors (Lipinski definition) is 18. The quantitative estimate of drug-likeness (QED) is 0.0429. The van der Waals surface area contributed by atoms with Crippen LogP contribution in [0.3, 0.4) is 0 Å². The molecule has 0 saturated carbocycles. The fourth-order valence-electron chi connectivity index (χ4n) is 14.2. The summed E-state index contributed by atoms with van der Waals surface area (Å²) in [6.07, 6.45) is 15.5. The summed E-state index contributed by atoms with van der Waals surface area (Å²) < 4.78 is 13.6. The van der Waals surface area contributed by atoms with Gasteiger partial charge in [-0.15, -0.1) is 155 Å². The number of benzene rings is 10. The van der Waals surface area contributed by atoms with Crippen LogP contribution >= 0.6 is 11.3 Å². The molecular formula is C112H100Ir4N10O9S-2. The van der Waals surface area contributed by atoms with Crippen molar-refractivity contribution in [1.82, 2.24) is 39.9 Å². The first-order valence-corrected chi connectivity index (χ1v) is 43.2. The molecule has 0 atom stereocenters. The molecule has 2 aliphatic rings. The number of pyridine rings is 2. The molecule has 18 aromatic rings. The van der Waals surface area contributed by atoms with E-state index in [4.69, 9.17) is 24.8 Å². The molecule has 19 nitrogen and oxygen atoms in total. The van der Waals surface area contributed by atoms with Crippen LogP contribution in [0.1, 0.15) is 89.0 Å². The Morgan fingerprint density at radius 3 is 1.34 bits per heavy atom. The molecule has 0 amide bonds. The van der Waals surface area contributed by atoms with Gasteiger partial charge in [-0.05, 0) is 153 Å². The monoisotopic (exact) mass is 2530 g/mol. The van der Waals surface area contributed by atoms with Crippen molar-refractivity contribution in [2.45, 2.75) is 96.2 Å². The van der Waals surface area contributed by atoms with Crippen molar-refractivity contribution < 1.29 is 134 Å². The number of furan rings is 1. The zero-order chi connectivity index (χ0) is 94.0. The third kappa shape index (κ3) is 32.0. The van der Waals surface area contributed by atoms with Gasteiger partial charge in [0, 0.05) is 194 Å². The number of aliphatic hydroxyl groups is 4. The number of allylic oxidation sites excluding steroid dienone is 8. The average Bonchev–Trinajstić information content (AvgIpc) is 1.59. The number of fused-ring (bicyclic) bond motifs is 14. The minimum Gasteiger partial charge on any atom is -0.512 e. The van der Waals surface area contributed by atoms with E-state index < -0.39 is 0 Å². The van der Waals surface area contributed by atoms with Crippen molar-refractivity contribution in [3.8, 4) is 90.2 Å². The summed E-state index contributed by atoms with van der Waals surface area (Å²) in [4.78, 5) is 74.2. The Morgan fingerprint density at radius 1 is 0.382 bits per heavy atom. The van der Waals surface area contributed by atoms with Gasteiger partial charge in [0.15, 0.2) is 48.6 Å². The van der Waals surface area contributed by atoms with Crippen molar-refractivity contribution in [3.05, 3.63) is 422 Å². The van der Waals surface area contributed by atoms with E-state index in [0.717, 1.165) is 109 Å². The van der Waals surface area contributed by atoms with Gasteiger partial charge in [-0.1, -0.05) is 121 Å². The molecule has 20 rings (SSSR count). The molecule has 0 aliphatic carbocycles. The van der Waals surface area contributed by atoms with E-state index >= 15 is 0 Å². The molecule has 136 heavy (non-hydrogen) atoms. The average molecular weight is 2530 g/mol. The molecular weight excluding hydrogens is 2430 g/mol. The van der Waals surface area contributed by atoms with Crippen molar-refractivity contribution in [3.63, 3.8) is 0 Å². The molecule has 4 N–H and O–H groups in total. The fraction of sp³-hybridized carbons (Fsp3) is 0.125. The molecule has 2 aliphatic heterocycles. The SMILES string of the molecule is CC(=O)C=C(C)O.CC(=O)C=C(C)O.CC(=O)C=C(C)O.CC(=O)C=C(C)O.Cc1cc(-c2[c-]cccc2)ncn1.Cc1ccccc1-c1ncnc(-c2[c-]cccc2)c1C.Cc1ccnc(-c2[c-]cccc2)n1.[Ir].[Ir].[Ir].[Ir].[c-]1ccccc1-c1cc(-c2ccccc2)ncn1.c1cc[n+]2c(c1)-c1c(ccc3c1oc1ccccc13)C2.c1cc[n+]2c(c1)-c1c(ccc3c1sc1ccccc13)C2. The van der Waals surface area contributed by atoms with Gasteiger partial charge in [0.25, 0.3) is 0 Å². The van der Waals surface area contributed by atoms with E-state index in [2.05, 4.69) is 209 Å². The van der Waals surface area contributed by atoms with Crippen molar-refractivity contribution >= 4 is 76.6 Å². The Hall–Kier alpha value is -13.7. The predicted octanol–water partition coefficient (Wildman–Crippen LogP) is 24.8. The third-order valence-corrected chi connectivity index (χ3v) is 20.9. The number of para-hydroxylation sites is 1. The van der Waals surface area contributed by atoms with Gasteiger partial charge in [0.05, 0.1) is 51.4 Å². The minimum atomic E-state index is -0.125. The summed E-state index contributed by atoms with van der Waals surface area (Å²) in [5, 5.41) is 38.6. The van der Waals surface area contributed by atoms with Crippen LogP contribution < -0.4 is 9.13 Å². The Kier molecular flexibility index (Phi) is 44.4. The van der Waals surface area contributed by atoms with E-state index in [-0.39, 0.29) is 127 Å². The second-order valence-corrected chi connectivity index (χ2v) is 31.6. The maximum absolute atomic E-state index is 10.0. The maximum Gasteiger partial charge on any atom is 0.217 e. The van der Waals surface area contributed by atoms with Gasteiger partial charge in [-0.2, -0.15) is 9.13 Å². The van der Waals surface area contributed by atoms with Gasteiger partial charge < -0.3 is 24.8 Å². The standard InChI is InChI=1S/C18H15N2.C18H12NO.C18H12NS.C16H11N2.2C11H9N2.4C5H8O2.4Ir/c1-13-8-6-7-11-16(13)18-14(2)17(19-12-20-18)15-9-4-3-5-10-15;2*1-2-7-16-13(5-1)14-9-8-12-11-19-10-4-3-6-15(19)17(12)18(14)20-16;1-3-7-13(8-4-1)15-11-16(18-12-17-15)14-9-5-2-6-10-14;1-9-7-11(13-8-12-9)10-5-3-2-4-6-10;1-9-7-8-12-11(13-9)10-5-3-2-4-6-10;4*1-4(6)3-5(2)7;;;;/h3-9,11-12H,1-2H3;2*1-10H,11H2;1-9,11-12H;2*2-5,7-8H,1H3;4*3,6H,1-2H3;;;;/q-1;2*+1;3*-1;;;;;;;;. The van der Waals surface area contributed by atoms with Crippen LogP contribution in [0.5, 0.6) is 0 Å². The minimum absolute atomic E-state index is 0. The summed E-state index contributed by atoms with van der Waals surface area (Å²) in [5.41, 5.74) is 25.1. The molecule has 696 valence electrons. The first-order chi connectivity index (χ1) is 63.8. The summed E-state index contributed by atoms with van der Waals surface area (Å²) >= 11 is 1.92. The number of rotatable bonds is 10. The second-order valence-electron chi connectivity index (χ2n) is 30.5. The van der Waals surface area contributed by atoms with Crippen LogP contribution in [0.2, 0.25) is 0 Å². The molecule has 8 aromatic heterocycles. The first-order valence-electron chi connectivity index (χ1n) is 42.3. The Labute approximate surface area is 850 Å². The summed E-state index contributed by atoms with van der Waals surface area (Å²) in [5.74, 6) is 0.487. The van der Waals surface area contributed by atoms with Gasteiger partial charge >= 0.3 is 0 Å². The van der Waals surface area contributed by atoms with E-state index in [1.165, 1.54) is 150 Å². The zero-order valence-electron chi connectivity index (χ0n) is 76.8. The van der Waals surface area contributed by atoms with Crippen LogP contribution in [-0.4, -0.2) is 83.4 Å². The Bertz CT molecular complexity index is 6720. The van der Waals surface area contributed by atoms with E-state index in [9.17, 15) is 19.2 Å². The number of thiophene rings is 1. The van der Waals surface area contributed by atoms with Gasteiger partial charge in [-0.25, -0.2) is 15.0 Å². The van der Waals surface area contributed by atoms with Gasteiger partial charge in [0.1, 0.15) is 30.1 Å². The fourth-order valence-corrected chi connectivity index (χ4v) is 15.5. The number of nitrogens with zero attached hydrogens (tertiary/aromatic N) is 10. The smallest absolute Gasteiger partial charge is 0.217 e. The topological polar surface area (TPSA) is 273 Å². The molecule has 0 bridgehead atoms. The van der Waals surface area contributed by atoms with Crippen molar-refractivity contribution in [1.29, 1.82) is 0 Å². The number of carbonyl (C=O) groups excluding carboxylic acids is 4. The van der Waals surface area contributed by atoms with Crippen LogP contribution in [0, 0.1) is 52.0 Å². The van der Waals surface area contributed by atoms with Crippen LogP contribution in [0.4, 0.5) is 0 Å². The van der Waals surface area contributed by atoms with Gasteiger partial charge in [-0.3, -0.25) is 44.1 Å². The Balaban J connectivity index is 0.000000211. The van der Waals surface area contributed by atoms with Crippen LogP contribution in [0.15, 0.2) is 368 Å². The van der Waals surface area contributed by atoms with Crippen molar-refractivity contribution in [2.24, 2.45) is 0 Å². The number of aromatic nitrogens is 10. The summed E-state index contributed by atoms with van der Waals surface area (Å²) in [6.45, 7) is 21.4. The largest absolute Gasteiger partial charge is 0.512 e. The van der Waals surface area contributed by atoms with Crippen LogP contribution in [-0.2, 0) is 113 Å². The molecule has 10 heterocycles. The van der Waals surface area contributed by atoms with Gasteiger partial charge in [0.2, 0.25) is 11.4 Å². The number of aliphatic hydroxyl groups excluding tert-OH is 4. The number of ketones is 4. The summed E-state index contributed by atoms with van der Waals surface area (Å²) in [6, 6.07) is 107. The Morgan fingerprint density at radius 2 is 0.824 bits per heavy atom. The van der Waals surface area contributed by atoms with E-state index in [1.54, 1.807) is 25.2 Å². The number of carbonyl (C=O) groups is 4. The van der Waals surface area contributed by atoms with E-state index in [0.29, 0.717) is 0 Å². The predicted molar refractivity (Wildman–Crippen MR) is 526 cm³/mol. The summed E-state index contributed by atoms with van der Waals surface area (Å²) in [7, 11) is 0. The molecule has 0 spiro atoms. The second kappa shape index (κ2) is 55.2. The van der Waals surface area contributed by atoms with Crippen LogP contribution in [0.25, 0.3) is 132 Å². The first kappa shape index (κ1) is 109. The molecule has 0 fully saturated rings. The molecule has 4 radical (unpaired) electrons. The molecule has 24 heteroatoms. The normalized spacial score (nSPS) is 10.9. The zero-order valence-corrected chi connectivity index (χ0v) is 87.2. The van der Waals surface area contributed by atoms with E-state index in [1.807, 2.05) is 195 Å². The number of hydrogen-bond donors (Lipinski definition) is 4. The maximum atomic E-state index is 10.0. The van der Waals surface area contributed by atoms with Crippen molar-refractivity contribution in [2.75, 3.05) is 0 Å². The molecule has 10 aromatic carbocycles. The third-order valence-electron chi connectivity index (χ3n) is 19.7. The number of aryl methyl sites for hydroxylation is 3.